The van der Waals surface area contributed by atoms with E-state index in [0.29, 0.717) is 16.5 Å². The summed E-state index contributed by atoms with van der Waals surface area (Å²) < 4.78 is 5.41. The highest BCUT2D eigenvalue weighted by molar-refractivity contribution is 6.32. The van der Waals surface area contributed by atoms with Crippen LogP contribution in [-0.2, 0) is 0 Å². The average Bonchev–Trinajstić information content (AvgIpc) is 2.39. The number of amides is 1. The summed E-state index contributed by atoms with van der Waals surface area (Å²) in [5.74, 6) is 0.0178. The van der Waals surface area contributed by atoms with E-state index in [2.05, 4.69) is 10.3 Å². The van der Waals surface area contributed by atoms with Gasteiger partial charge in [0, 0.05) is 18.8 Å². The van der Waals surface area contributed by atoms with Crippen molar-refractivity contribution in [2.24, 2.45) is 5.92 Å². The van der Waals surface area contributed by atoms with Crippen molar-refractivity contribution < 1.29 is 14.6 Å². The normalized spacial score (nSPS) is 13.9. The molecule has 20 heavy (non-hydrogen) atoms. The van der Waals surface area contributed by atoms with Gasteiger partial charge in [0.05, 0.1) is 11.7 Å². The first-order valence-corrected chi connectivity index (χ1v) is 6.96. The van der Waals surface area contributed by atoms with Gasteiger partial charge in [-0.3, -0.25) is 4.79 Å². The first-order valence-electron chi connectivity index (χ1n) is 6.59. The fourth-order valence-electron chi connectivity index (χ4n) is 1.45. The Balaban J connectivity index is 2.77. The number of nitrogens with zero attached hydrogens (tertiary/aromatic N) is 1. The van der Waals surface area contributed by atoms with E-state index in [1.807, 2.05) is 27.7 Å². The highest BCUT2D eigenvalue weighted by Gasteiger charge is 2.17. The number of aliphatic hydroxyl groups excluding tert-OH is 1. The van der Waals surface area contributed by atoms with Crippen LogP contribution in [0.1, 0.15) is 38.1 Å². The van der Waals surface area contributed by atoms with Gasteiger partial charge in [-0.05, 0) is 32.8 Å². The Morgan fingerprint density at radius 2 is 2.10 bits per heavy atom. The zero-order valence-corrected chi connectivity index (χ0v) is 12.9. The van der Waals surface area contributed by atoms with Crippen LogP contribution in [0.5, 0.6) is 5.88 Å². The molecule has 112 valence electrons. The molecule has 0 saturated heterocycles. The quantitative estimate of drug-likeness (QED) is 0.845. The smallest absolute Gasteiger partial charge is 0.253 e. The third-order valence-electron chi connectivity index (χ3n) is 2.92. The van der Waals surface area contributed by atoms with Gasteiger partial charge in [-0.2, -0.15) is 0 Å². The molecular formula is C14H21ClN2O3. The first kappa shape index (κ1) is 16.7. The van der Waals surface area contributed by atoms with Crippen LogP contribution in [0.15, 0.2) is 12.3 Å². The summed E-state index contributed by atoms with van der Waals surface area (Å²) in [7, 11) is 0. The van der Waals surface area contributed by atoms with E-state index in [9.17, 15) is 4.79 Å². The third-order valence-corrected chi connectivity index (χ3v) is 3.19. The molecule has 2 atom stereocenters. The fourth-order valence-corrected chi connectivity index (χ4v) is 1.66. The van der Waals surface area contributed by atoms with Crippen molar-refractivity contribution in [2.45, 2.75) is 39.8 Å². The summed E-state index contributed by atoms with van der Waals surface area (Å²) in [6.07, 6.45) is 1.39. The Morgan fingerprint density at radius 3 is 2.60 bits per heavy atom. The number of pyridine rings is 1. The molecule has 0 bridgehead atoms. The molecule has 2 unspecified atom stereocenters. The van der Waals surface area contributed by atoms with E-state index >= 15 is 0 Å². The molecule has 1 aromatic rings. The predicted molar refractivity (Wildman–Crippen MR) is 78.2 cm³/mol. The maximum Gasteiger partial charge on any atom is 0.253 e. The van der Waals surface area contributed by atoms with Crippen LogP contribution in [0.25, 0.3) is 0 Å². The second-order valence-electron chi connectivity index (χ2n) is 5.10. The number of halogens is 1. The van der Waals surface area contributed by atoms with E-state index in [0.717, 1.165) is 0 Å². The van der Waals surface area contributed by atoms with Gasteiger partial charge in [0.1, 0.15) is 5.02 Å². The predicted octanol–water partition coefficient (Wildman–Crippen LogP) is 2.27. The monoisotopic (exact) mass is 300 g/mol. The van der Waals surface area contributed by atoms with E-state index in [1.165, 1.54) is 12.3 Å². The van der Waals surface area contributed by atoms with Gasteiger partial charge in [0.2, 0.25) is 5.88 Å². The molecule has 1 aromatic heterocycles. The van der Waals surface area contributed by atoms with Crippen LogP contribution in [0, 0.1) is 5.92 Å². The number of aliphatic hydroxyl groups is 1. The first-order chi connectivity index (χ1) is 9.35. The van der Waals surface area contributed by atoms with Crippen molar-refractivity contribution in [3.8, 4) is 5.88 Å². The number of ether oxygens (including phenoxy) is 1. The zero-order valence-electron chi connectivity index (χ0n) is 12.2. The maximum absolute atomic E-state index is 12.0. The van der Waals surface area contributed by atoms with Crippen LogP contribution in [0.2, 0.25) is 5.02 Å². The van der Waals surface area contributed by atoms with Gasteiger partial charge in [-0.25, -0.2) is 4.98 Å². The molecular weight excluding hydrogens is 280 g/mol. The third kappa shape index (κ3) is 4.65. The minimum absolute atomic E-state index is 0.0155. The lowest BCUT2D eigenvalue weighted by atomic mass is 10.0. The summed E-state index contributed by atoms with van der Waals surface area (Å²) in [6.45, 7) is 7.45. The zero-order chi connectivity index (χ0) is 15.3. The second kappa shape index (κ2) is 7.45. The molecule has 0 saturated carbocycles. The summed E-state index contributed by atoms with van der Waals surface area (Å²) in [5, 5.41) is 12.1. The molecule has 2 N–H and O–H groups in total. The molecule has 1 amide bonds. The van der Waals surface area contributed by atoms with Crippen molar-refractivity contribution in [2.75, 3.05) is 6.61 Å². The average molecular weight is 301 g/mol. The van der Waals surface area contributed by atoms with Gasteiger partial charge in [-0.1, -0.05) is 18.5 Å². The highest BCUT2D eigenvalue weighted by atomic mass is 35.5. The van der Waals surface area contributed by atoms with Crippen LogP contribution in [-0.4, -0.2) is 34.8 Å². The number of carbonyl (C=O) groups is 1. The number of nitrogens with one attached hydrogen (secondary N) is 1. The van der Waals surface area contributed by atoms with Crippen molar-refractivity contribution >= 4 is 17.5 Å². The highest BCUT2D eigenvalue weighted by Crippen LogP contribution is 2.23. The lowest BCUT2D eigenvalue weighted by molar-refractivity contribution is 0.0916. The van der Waals surface area contributed by atoms with E-state index in [1.54, 1.807) is 0 Å². The molecule has 0 spiro atoms. The largest absolute Gasteiger partial charge is 0.474 e. The maximum atomic E-state index is 12.0. The Bertz CT molecular complexity index is 466. The summed E-state index contributed by atoms with van der Waals surface area (Å²) in [6, 6.07) is 1.38. The molecule has 0 radical (unpaired) electrons. The van der Waals surface area contributed by atoms with Crippen molar-refractivity contribution in [3.63, 3.8) is 0 Å². The van der Waals surface area contributed by atoms with Crippen LogP contribution >= 0.6 is 11.6 Å². The van der Waals surface area contributed by atoms with E-state index in [4.69, 9.17) is 21.4 Å². The molecule has 5 nitrogen and oxygen atoms in total. The molecule has 1 heterocycles. The fraction of sp³-hybridized carbons (Fsp3) is 0.571. The lowest BCUT2D eigenvalue weighted by Crippen LogP contribution is -2.38. The molecule has 0 aliphatic rings. The number of hydrogen-bond acceptors (Lipinski definition) is 4. The Kier molecular flexibility index (Phi) is 6.23. The topological polar surface area (TPSA) is 71.5 Å². The van der Waals surface area contributed by atoms with Gasteiger partial charge < -0.3 is 15.2 Å². The Morgan fingerprint density at radius 1 is 1.45 bits per heavy atom. The summed E-state index contributed by atoms with van der Waals surface area (Å²) in [5.41, 5.74) is 0.364. The molecule has 0 aromatic carbocycles. The number of aromatic nitrogens is 1. The SMILES string of the molecule is CC(C)Oc1ncc(C(=O)NC(C)C(C)CO)cc1Cl. The van der Waals surface area contributed by atoms with Gasteiger partial charge in [0.15, 0.2) is 0 Å². The van der Waals surface area contributed by atoms with E-state index in [-0.39, 0.29) is 30.6 Å². The van der Waals surface area contributed by atoms with Crippen molar-refractivity contribution in [1.29, 1.82) is 0 Å². The van der Waals surface area contributed by atoms with Crippen molar-refractivity contribution in [3.05, 3.63) is 22.8 Å². The summed E-state index contributed by atoms with van der Waals surface area (Å²) >= 11 is 6.04. The Labute approximate surface area is 124 Å². The lowest BCUT2D eigenvalue weighted by Gasteiger charge is -2.19. The molecule has 0 fully saturated rings. The molecule has 0 aliphatic heterocycles. The standard InChI is InChI=1S/C14H21ClN2O3/c1-8(2)20-14-12(15)5-11(6-16-14)13(19)17-10(4)9(3)7-18/h5-6,8-10,18H,7H2,1-4H3,(H,17,19). The van der Waals surface area contributed by atoms with Crippen LogP contribution in [0.4, 0.5) is 0 Å². The number of hydrogen-bond donors (Lipinski definition) is 2. The minimum Gasteiger partial charge on any atom is -0.474 e. The summed E-state index contributed by atoms with van der Waals surface area (Å²) in [4.78, 5) is 16.1. The molecule has 1 rings (SSSR count). The van der Waals surface area contributed by atoms with Gasteiger partial charge in [0.25, 0.3) is 5.91 Å². The number of rotatable bonds is 6. The van der Waals surface area contributed by atoms with Crippen LogP contribution < -0.4 is 10.1 Å². The van der Waals surface area contributed by atoms with Gasteiger partial charge in [-0.15, -0.1) is 0 Å². The van der Waals surface area contributed by atoms with Gasteiger partial charge >= 0.3 is 0 Å². The second-order valence-corrected chi connectivity index (χ2v) is 5.51. The minimum atomic E-state index is -0.275. The molecule has 0 aliphatic carbocycles. The number of carbonyl (C=O) groups excluding carboxylic acids is 1. The van der Waals surface area contributed by atoms with E-state index < -0.39 is 0 Å². The molecule has 6 heteroatoms. The Hall–Kier alpha value is -1.33. The van der Waals surface area contributed by atoms with Crippen molar-refractivity contribution in [1.82, 2.24) is 10.3 Å². The van der Waals surface area contributed by atoms with Crippen LogP contribution in [0.3, 0.4) is 0 Å².